The largest absolute Gasteiger partial charge is 0.372 e. The summed E-state index contributed by atoms with van der Waals surface area (Å²) in [5.41, 5.74) is 3.22. The zero-order chi connectivity index (χ0) is 24.1. The highest BCUT2D eigenvalue weighted by atomic mass is 35.5. The van der Waals surface area contributed by atoms with Crippen molar-refractivity contribution in [2.75, 3.05) is 28.8 Å². The van der Waals surface area contributed by atoms with Gasteiger partial charge in [-0.1, -0.05) is 48.0 Å². The van der Waals surface area contributed by atoms with Crippen LogP contribution >= 0.6 is 11.6 Å². The van der Waals surface area contributed by atoms with E-state index in [0.717, 1.165) is 23.0 Å². The minimum absolute atomic E-state index is 0.111. The molecule has 0 spiro atoms. The Balaban J connectivity index is 1.51. The van der Waals surface area contributed by atoms with Gasteiger partial charge in [-0.2, -0.15) is 0 Å². The number of anilines is 2. The van der Waals surface area contributed by atoms with Crippen LogP contribution in [0.1, 0.15) is 24.0 Å². The van der Waals surface area contributed by atoms with Gasteiger partial charge in [0.25, 0.3) is 10.0 Å². The second-order valence-electron chi connectivity index (χ2n) is 8.39. The maximum absolute atomic E-state index is 13.5. The van der Waals surface area contributed by atoms with Crippen molar-refractivity contribution >= 4 is 38.9 Å². The molecule has 1 N–H and O–H groups in total. The number of nitrogens with one attached hydrogen (secondary N) is 1. The van der Waals surface area contributed by atoms with Crippen molar-refractivity contribution in [2.24, 2.45) is 0 Å². The third kappa shape index (κ3) is 5.54. The highest BCUT2D eigenvalue weighted by molar-refractivity contribution is 7.92. The van der Waals surface area contributed by atoms with E-state index in [9.17, 15) is 13.2 Å². The molecule has 6 nitrogen and oxygen atoms in total. The Morgan fingerprint density at radius 2 is 1.68 bits per heavy atom. The van der Waals surface area contributed by atoms with Crippen LogP contribution in [0.5, 0.6) is 0 Å². The average molecular weight is 498 g/mol. The van der Waals surface area contributed by atoms with Gasteiger partial charge in [0, 0.05) is 30.3 Å². The zero-order valence-electron chi connectivity index (χ0n) is 19.1. The number of halogens is 1. The summed E-state index contributed by atoms with van der Waals surface area (Å²) < 4.78 is 28.1. The fourth-order valence-electron chi connectivity index (χ4n) is 4.06. The summed E-state index contributed by atoms with van der Waals surface area (Å²) in [4.78, 5) is 15.4. The number of amides is 1. The van der Waals surface area contributed by atoms with Gasteiger partial charge in [-0.15, -0.1) is 0 Å². The highest BCUT2D eigenvalue weighted by Crippen LogP contribution is 2.29. The van der Waals surface area contributed by atoms with Gasteiger partial charge in [-0.25, -0.2) is 8.42 Å². The lowest BCUT2D eigenvalue weighted by Gasteiger charge is -2.26. The van der Waals surface area contributed by atoms with Gasteiger partial charge >= 0.3 is 0 Å². The van der Waals surface area contributed by atoms with Crippen molar-refractivity contribution in [3.05, 3.63) is 88.9 Å². The molecule has 1 heterocycles. The Kier molecular flexibility index (Phi) is 7.44. The van der Waals surface area contributed by atoms with Crippen LogP contribution in [-0.4, -0.2) is 34.0 Å². The van der Waals surface area contributed by atoms with Crippen LogP contribution in [0.25, 0.3) is 0 Å². The predicted octanol–water partition coefficient (Wildman–Crippen LogP) is 4.76. The molecular weight excluding hydrogens is 470 g/mol. The maximum Gasteiger partial charge on any atom is 0.264 e. The van der Waals surface area contributed by atoms with Crippen molar-refractivity contribution in [1.82, 2.24) is 5.32 Å². The van der Waals surface area contributed by atoms with Gasteiger partial charge in [0.05, 0.1) is 10.6 Å². The van der Waals surface area contributed by atoms with Gasteiger partial charge in [-0.05, 0) is 67.3 Å². The number of hydrogen-bond acceptors (Lipinski definition) is 4. The molecule has 0 radical (unpaired) electrons. The van der Waals surface area contributed by atoms with E-state index in [-0.39, 0.29) is 11.4 Å². The van der Waals surface area contributed by atoms with Crippen molar-refractivity contribution < 1.29 is 13.2 Å². The minimum atomic E-state index is -3.98. The van der Waals surface area contributed by atoms with E-state index in [2.05, 4.69) is 22.3 Å². The molecule has 3 aromatic carbocycles. The zero-order valence-corrected chi connectivity index (χ0v) is 20.6. The normalized spacial score (nSPS) is 13.6. The Hall–Kier alpha value is -3.03. The number of carbonyl (C=O) groups excluding carboxylic acids is 1. The van der Waals surface area contributed by atoms with Crippen LogP contribution in [0.4, 0.5) is 11.4 Å². The molecule has 0 saturated carbocycles. The van der Waals surface area contributed by atoms with Crippen molar-refractivity contribution in [1.29, 1.82) is 0 Å². The summed E-state index contributed by atoms with van der Waals surface area (Å²) in [6.45, 7) is 3.89. The number of benzene rings is 3. The van der Waals surface area contributed by atoms with E-state index in [0.29, 0.717) is 22.8 Å². The van der Waals surface area contributed by atoms with Gasteiger partial charge in [-0.3, -0.25) is 9.10 Å². The first-order valence-corrected chi connectivity index (χ1v) is 13.1. The lowest BCUT2D eigenvalue weighted by molar-refractivity contribution is -0.119. The number of rotatable bonds is 8. The minimum Gasteiger partial charge on any atom is -0.372 e. The van der Waals surface area contributed by atoms with Crippen molar-refractivity contribution in [3.8, 4) is 0 Å². The van der Waals surface area contributed by atoms with Crippen LogP contribution in [0.15, 0.2) is 77.7 Å². The molecule has 8 heteroatoms. The fourth-order valence-corrected chi connectivity index (χ4v) is 5.72. The second-order valence-corrected chi connectivity index (χ2v) is 10.7. The molecule has 0 bridgehead atoms. The monoisotopic (exact) mass is 497 g/mol. The Morgan fingerprint density at radius 1 is 1.00 bits per heavy atom. The van der Waals surface area contributed by atoms with E-state index in [1.807, 2.05) is 12.1 Å². The lowest BCUT2D eigenvalue weighted by Crippen LogP contribution is -2.41. The van der Waals surface area contributed by atoms with E-state index < -0.39 is 15.9 Å². The van der Waals surface area contributed by atoms with Crippen molar-refractivity contribution in [3.63, 3.8) is 0 Å². The molecule has 0 atom stereocenters. The summed E-state index contributed by atoms with van der Waals surface area (Å²) in [6.07, 6.45) is 2.43. The molecule has 178 valence electrons. The number of sulfonamides is 1. The second kappa shape index (κ2) is 10.5. The van der Waals surface area contributed by atoms with E-state index in [4.69, 9.17) is 11.6 Å². The van der Waals surface area contributed by atoms with Crippen LogP contribution in [0.2, 0.25) is 5.02 Å². The molecule has 0 aromatic heterocycles. The molecule has 1 aliphatic heterocycles. The standard InChI is InChI=1S/C26H28ClN3O3S/c1-20-9-12-22(27)17-25(20)30(34(32,33)24-7-3-2-4-8-24)19-26(31)28-18-21-10-13-23(14-11-21)29-15-5-6-16-29/h2-4,7-14,17H,5-6,15-16,18-19H2,1H3,(H,28,31). The smallest absolute Gasteiger partial charge is 0.264 e. The summed E-state index contributed by atoms with van der Waals surface area (Å²) in [5.74, 6) is -0.400. The third-order valence-electron chi connectivity index (χ3n) is 5.96. The summed E-state index contributed by atoms with van der Waals surface area (Å²) in [7, 11) is -3.98. The van der Waals surface area contributed by atoms with Gasteiger partial charge < -0.3 is 10.2 Å². The van der Waals surface area contributed by atoms with Crippen LogP contribution in [0, 0.1) is 6.92 Å². The van der Waals surface area contributed by atoms with E-state index in [1.54, 1.807) is 43.3 Å². The Morgan fingerprint density at radius 3 is 2.35 bits per heavy atom. The topological polar surface area (TPSA) is 69.7 Å². The molecular formula is C26H28ClN3O3S. The Labute approximate surface area is 206 Å². The SMILES string of the molecule is Cc1ccc(Cl)cc1N(CC(=O)NCc1ccc(N2CCCC2)cc1)S(=O)(=O)c1ccccc1. The highest BCUT2D eigenvalue weighted by Gasteiger charge is 2.28. The fraction of sp³-hybridized carbons (Fsp3) is 0.269. The molecule has 1 saturated heterocycles. The number of hydrogen-bond donors (Lipinski definition) is 1. The molecule has 1 aliphatic rings. The first kappa shape index (κ1) is 24.1. The third-order valence-corrected chi connectivity index (χ3v) is 7.96. The van der Waals surface area contributed by atoms with Crippen LogP contribution in [0.3, 0.4) is 0 Å². The van der Waals surface area contributed by atoms with Gasteiger partial charge in [0.1, 0.15) is 6.54 Å². The first-order valence-electron chi connectivity index (χ1n) is 11.3. The lowest BCUT2D eigenvalue weighted by atomic mass is 10.2. The molecule has 0 aliphatic carbocycles. The summed E-state index contributed by atoms with van der Waals surface area (Å²) >= 11 is 6.17. The number of aryl methyl sites for hydroxylation is 1. The summed E-state index contributed by atoms with van der Waals surface area (Å²) in [5, 5.41) is 3.25. The first-order chi connectivity index (χ1) is 16.3. The molecule has 0 unspecified atom stereocenters. The molecule has 1 amide bonds. The van der Waals surface area contributed by atoms with Gasteiger partial charge in [0.2, 0.25) is 5.91 Å². The van der Waals surface area contributed by atoms with Crippen LogP contribution < -0.4 is 14.5 Å². The number of nitrogens with zero attached hydrogens (tertiary/aromatic N) is 2. The maximum atomic E-state index is 13.5. The molecule has 3 aromatic rings. The molecule has 1 fully saturated rings. The van der Waals surface area contributed by atoms with Gasteiger partial charge in [0.15, 0.2) is 0 Å². The van der Waals surface area contributed by atoms with E-state index >= 15 is 0 Å². The van der Waals surface area contributed by atoms with Crippen molar-refractivity contribution in [2.45, 2.75) is 31.2 Å². The average Bonchev–Trinajstić information content (AvgIpc) is 3.39. The number of carbonyl (C=O) groups is 1. The van der Waals surface area contributed by atoms with Crippen LogP contribution in [-0.2, 0) is 21.4 Å². The molecule has 34 heavy (non-hydrogen) atoms. The Bertz CT molecular complexity index is 1240. The summed E-state index contributed by atoms with van der Waals surface area (Å²) in [6, 6.07) is 21.2. The molecule has 4 rings (SSSR count). The predicted molar refractivity (Wildman–Crippen MR) is 137 cm³/mol. The quantitative estimate of drug-likeness (QED) is 0.487. The van der Waals surface area contributed by atoms with E-state index in [1.165, 1.54) is 30.7 Å².